The lowest BCUT2D eigenvalue weighted by Gasteiger charge is -2.12. The van der Waals surface area contributed by atoms with Crippen molar-refractivity contribution in [3.05, 3.63) is 113 Å². The first-order valence-corrected chi connectivity index (χ1v) is 15.4. The lowest BCUT2D eigenvalue weighted by atomic mass is 9.93. The van der Waals surface area contributed by atoms with Crippen LogP contribution in [0.4, 0.5) is 0 Å². The number of carbonyl (C=O) groups is 1. The highest BCUT2D eigenvalue weighted by Gasteiger charge is 2.12. The van der Waals surface area contributed by atoms with Gasteiger partial charge >= 0.3 is 0 Å². The van der Waals surface area contributed by atoms with Crippen molar-refractivity contribution in [1.29, 1.82) is 0 Å². The zero-order valence-electron chi connectivity index (χ0n) is 28.9. The van der Waals surface area contributed by atoms with E-state index in [2.05, 4.69) is 110 Å². The van der Waals surface area contributed by atoms with Crippen LogP contribution < -0.4 is 5.32 Å². The molecule has 0 amide bonds. The Bertz CT molecular complexity index is 1150. The van der Waals surface area contributed by atoms with Crippen molar-refractivity contribution in [3.63, 3.8) is 0 Å². The van der Waals surface area contributed by atoms with Crippen LogP contribution in [-0.2, 0) is 4.79 Å². The number of allylic oxidation sites excluding steroid dienone is 9. The molecule has 1 unspecified atom stereocenters. The number of rotatable bonds is 9. The molecule has 3 heteroatoms. The van der Waals surface area contributed by atoms with E-state index in [9.17, 15) is 0 Å². The summed E-state index contributed by atoms with van der Waals surface area (Å²) < 4.78 is 0. The molecule has 3 nitrogen and oxygen atoms in total. The standard InChI is InChI=1S/C27H34N2.C8H16.C2H4O.C2H6/c1-9-18(2)13-14-23(7)29-26-16-21(5)24(8)25(17-28-26)15-22(6)27-19(3)11-10-12-20(27)4;1-4-6-7-8(3)5-2;1-2-3;1-2/h9-15,17H,7,16H2,1-6,8H3,(H,28,29);4,8H,1,5-7H2,2-3H3;2H,1H3;1-2H3/b14-13-,18-9-,22-15+;;;. The van der Waals surface area contributed by atoms with Crippen molar-refractivity contribution in [1.82, 2.24) is 5.32 Å². The van der Waals surface area contributed by atoms with Gasteiger partial charge in [0.2, 0.25) is 0 Å². The van der Waals surface area contributed by atoms with Gasteiger partial charge in [-0.05, 0) is 120 Å². The Morgan fingerprint density at radius 2 is 1.64 bits per heavy atom. The van der Waals surface area contributed by atoms with Crippen molar-refractivity contribution in [2.45, 2.75) is 109 Å². The van der Waals surface area contributed by atoms with Gasteiger partial charge in [-0.3, -0.25) is 0 Å². The number of aldehydes is 1. The highest BCUT2D eigenvalue weighted by atomic mass is 16.1. The summed E-state index contributed by atoms with van der Waals surface area (Å²) in [6, 6.07) is 6.46. The minimum absolute atomic E-state index is 0.750. The van der Waals surface area contributed by atoms with E-state index in [0.29, 0.717) is 0 Å². The van der Waals surface area contributed by atoms with Gasteiger partial charge in [0.25, 0.3) is 0 Å². The van der Waals surface area contributed by atoms with Crippen LogP contribution in [0.1, 0.15) is 112 Å². The van der Waals surface area contributed by atoms with Crippen LogP contribution in [0.15, 0.2) is 101 Å². The van der Waals surface area contributed by atoms with Crippen LogP contribution in [0, 0.1) is 19.8 Å². The predicted octanol–water partition coefficient (Wildman–Crippen LogP) is 11.6. The normalized spacial score (nSPS) is 14.0. The van der Waals surface area contributed by atoms with Crippen molar-refractivity contribution < 1.29 is 4.79 Å². The van der Waals surface area contributed by atoms with Gasteiger partial charge in [-0.2, -0.15) is 0 Å². The minimum atomic E-state index is 0.750. The second-order valence-electron chi connectivity index (χ2n) is 10.5. The highest BCUT2D eigenvalue weighted by molar-refractivity contribution is 5.88. The Labute approximate surface area is 259 Å². The molecule has 1 aromatic carbocycles. The molecule has 0 saturated carbocycles. The van der Waals surface area contributed by atoms with Crippen LogP contribution in [0.3, 0.4) is 0 Å². The Kier molecular flexibility index (Phi) is 23.4. The lowest BCUT2D eigenvalue weighted by molar-refractivity contribution is -0.106. The number of carbonyl (C=O) groups excluding carboxylic acids is 1. The molecule has 0 radical (unpaired) electrons. The van der Waals surface area contributed by atoms with E-state index in [1.54, 1.807) is 0 Å². The van der Waals surface area contributed by atoms with Crippen molar-refractivity contribution in [2.24, 2.45) is 10.9 Å². The van der Waals surface area contributed by atoms with Gasteiger partial charge in [0.1, 0.15) is 12.1 Å². The number of hydrogen-bond donors (Lipinski definition) is 1. The fraction of sp³-hybridized carbons (Fsp3) is 0.436. The van der Waals surface area contributed by atoms with Crippen molar-refractivity contribution in [3.8, 4) is 0 Å². The average Bonchev–Trinajstić information content (AvgIpc) is 3.09. The van der Waals surface area contributed by atoms with Gasteiger partial charge in [0.15, 0.2) is 0 Å². The molecular formula is C39H60N2O. The topological polar surface area (TPSA) is 41.5 Å². The molecular weight excluding hydrogens is 512 g/mol. The predicted molar refractivity (Wildman–Crippen MR) is 191 cm³/mol. The Balaban J connectivity index is 0. The Morgan fingerprint density at radius 3 is 2.14 bits per heavy atom. The smallest absolute Gasteiger partial charge is 0.116 e. The molecule has 2 rings (SSSR count). The van der Waals surface area contributed by atoms with Crippen molar-refractivity contribution in [2.75, 3.05) is 0 Å². The molecule has 42 heavy (non-hydrogen) atoms. The molecule has 0 aliphatic carbocycles. The zero-order chi connectivity index (χ0) is 32.7. The maximum atomic E-state index is 8.81. The first kappa shape index (κ1) is 40.7. The number of benzene rings is 1. The summed E-state index contributed by atoms with van der Waals surface area (Å²) in [5.41, 5.74) is 11.0. The van der Waals surface area contributed by atoms with E-state index in [4.69, 9.17) is 9.79 Å². The van der Waals surface area contributed by atoms with E-state index in [1.807, 2.05) is 39.1 Å². The third-order valence-corrected chi connectivity index (χ3v) is 6.98. The van der Waals surface area contributed by atoms with Crippen LogP contribution in [-0.4, -0.2) is 12.1 Å². The molecule has 0 aromatic heterocycles. The van der Waals surface area contributed by atoms with Gasteiger partial charge in [0.05, 0.1) is 0 Å². The van der Waals surface area contributed by atoms with Crippen LogP contribution >= 0.6 is 0 Å². The van der Waals surface area contributed by atoms with Gasteiger partial charge in [-0.1, -0.05) is 88.3 Å². The molecule has 0 spiro atoms. The summed E-state index contributed by atoms with van der Waals surface area (Å²) in [6.07, 6.45) is 17.7. The zero-order valence-corrected chi connectivity index (χ0v) is 28.9. The molecule has 1 aromatic rings. The number of nitrogens with zero attached hydrogens (tertiary/aromatic N) is 1. The molecule has 0 saturated heterocycles. The molecule has 1 N–H and O–H groups in total. The molecule has 0 fully saturated rings. The second-order valence-corrected chi connectivity index (χ2v) is 10.5. The largest absolute Gasteiger partial charge is 0.344 e. The molecule has 1 atom stereocenters. The summed E-state index contributed by atoms with van der Waals surface area (Å²) in [5, 5.41) is 3.36. The van der Waals surface area contributed by atoms with Gasteiger partial charge in [0, 0.05) is 18.3 Å². The van der Waals surface area contributed by atoms with Crippen LogP contribution in [0.25, 0.3) is 5.57 Å². The first-order valence-electron chi connectivity index (χ1n) is 15.4. The van der Waals surface area contributed by atoms with Gasteiger partial charge in [-0.15, -0.1) is 6.58 Å². The SMILES string of the molecule is C=C(/C=C\C(C)=C/C)NC1=NC=C(/C=C(\C)c2c(C)cccc2C)C(C)=C(C)C1.C=CCCC(C)CC.CC.CC=O. The Hall–Kier alpha value is -3.46. The Morgan fingerprint density at radius 1 is 1.07 bits per heavy atom. The number of amidine groups is 1. The third kappa shape index (κ3) is 16.7. The van der Waals surface area contributed by atoms with Crippen LogP contribution in [0.5, 0.6) is 0 Å². The number of aryl methyl sites for hydroxylation is 2. The van der Waals surface area contributed by atoms with E-state index >= 15 is 0 Å². The first-order chi connectivity index (χ1) is 19.9. The number of nitrogens with one attached hydrogen (secondary N) is 1. The number of hydrogen-bond acceptors (Lipinski definition) is 3. The van der Waals surface area contributed by atoms with Gasteiger partial charge in [-0.25, -0.2) is 4.99 Å². The molecule has 1 heterocycles. The minimum Gasteiger partial charge on any atom is -0.344 e. The lowest BCUT2D eigenvalue weighted by Crippen LogP contribution is -2.21. The van der Waals surface area contributed by atoms with Crippen molar-refractivity contribution >= 4 is 17.7 Å². The maximum Gasteiger partial charge on any atom is 0.116 e. The molecule has 1 aliphatic heterocycles. The van der Waals surface area contributed by atoms with E-state index < -0.39 is 0 Å². The van der Waals surface area contributed by atoms with E-state index in [-0.39, 0.29) is 0 Å². The number of aliphatic imine (C=N–C) groups is 1. The molecule has 232 valence electrons. The monoisotopic (exact) mass is 572 g/mol. The quantitative estimate of drug-likeness (QED) is 0.182. The summed E-state index contributed by atoms with van der Waals surface area (Å²) in [5.74, 6) is 1.80. The summed E-state index contributed by atoms with van der Waals surface area (Å²) in [6.45, 7) is 32.7. The van der Waals surface area contributed by atoms with Gasteiger partial charge < -0.3 is 10.1 Å². The maximum absolute atomic E-state index is 8.81. The third-order valence-electron chi connectivity index (χ3n) is 6.98. The second kappa shape index (κ2) is 24.2. The summed E-state index contributed by atoms with van der Waals surface area (Å²) >= 11 is 0. The summed E-state index contributed by atoms with van der Waals surface area (Å²) in [4.78, 5) is 13.5. The van der Waals surface area contributed by atoms with E-state index in [1.165, 1.54) is 65.2 Å². The average molecular weight is 573 g/mol. The highest BCUT2D eigenvalue weighted by Crippen LogP contribution is 2.28. The molecule has 0 bridgehead atoms. The fourth-order valence-corrected chi connectivity index (χ4v) is 4.05. The fourth-order valence-electron chi connectivity index (χ4n) is 4.05. The van der Waals surface area contributed by atoms with Crippen LogP contribution in [0.2, 0.25) is 0 Å². The summed E-state index contributed by atoms with van der Waals surface area (Å²) in [7, 11) is 0. The van der Waals surface area contributed by atoms with E-state index in [0.717, 1.165) is 35.7 Å². The molecule has 1 aliphatic rings.